The zero-order valence-electron chi connectivity index (χ0n) is 17.6. The molecule has 0 bridgehead atoms. The van der Waals surface area contributed by atoms with Crippen LogP contribution in [-0.2, 0) is 17.9 Å². The minimum atomic E-state index is -0.806. The van der Waals surface area contributed by atoms with Crippen molar-refractivity contribution in [2.45, 2.75) is 37.5 Å². The van der Waals surface area contributed by atoms with Crippen LogP contribution in [0.3, 0.4) is 0 Å². The minimum Gasteiger partial charge on any atom is -0.320 e. The van der Waals surface area contributed by atoms with Crippen LogP contribution in [-0.4, -0.2) is 44.4 Å². The molecule has 0 radical (unpaired) electrons. The van der Waals surface area contributed by atoms with Gasteiger partial charge in [-0.25, -0.2) is 8.78 Å². The summed E-state index contributed by atoms with van der Waals surface area (Å²) in [6.45, 7) is 3.37. The van der Waals surface area contributed by atoms with E-state index in [4.69, 9.17) is 0 Å². The van der Waals surface area contributed by atoms with E-state index in [-0.39, 0.29) is 5.75 Å². The molecule has 1 amide bonds. The molecule has 0 unspecified atom stereocenters. The zero-order chi connectivity index (χ0) is 22.3. The van der Waals surface area contributed by atoms with E-state index in [1.54, 1.807) is 0 Å². The lowest BCUT2D eigenvalue weighted by atomic mass is 10.1. The number of carbonyl (C=O) groups is 1. The van der Waals surface area contributed by atoms with Crippen LogP contribution in [0.5, 0.6) is 0 Å². The predicted molar refractivity (Wildman–Crippen MR) is 120 cm³/mol. The SMILES string of the molecule is O=C(CSc1nnc(CN2CCCCC2)n1Cc1ccccc1)Nc1c(F)cccc1F. The van der Waals surface area contributed by atoms with Crippen LogP contribution in [0, 0.1) is 11.6 Å². The van der Waals surface area contributed by atoms with Gasteiger partial charge >= 0.3 is 0 Å². The number of thioether (sulfide) groups is 1. The van der Waals surface area contributed by atoms with E-state index in [0.29, 0.717) is 18.2 Å². The van der Waals surface area contributed by atoms with Gasteiger partial charge in [-0.05, 0) is 43.6 Å². The van der Waals surface area contributed by atoms with E-state index in [1.165, 1.54) is 37.1 Å². The molecule has 2 heterocycles. The van der Waals surface area contributed by atoms with Gasteiger partial charge in [0.1, 0.15) is 23.1 Å². The molecule has 1 aliphatic rings. The van der Waals surface area contributed by atoms with Gasteiger partial charge in [-0.3, -0.25) is 9.69 Å². The first-order chi connectivity index (χ1) is 15.6. The number of nitrogens with zero attached hydrogens (tertiary/aromatic N) is 4. The van der Waals surface area contributed by atoms with Crippen molar-refractivity contribution in [3.63, 3.8) is 0 Å². The molecule has 4 rings (SSSR count). The van der Waals surface area contributed by atoms with Gasteiger partial charge in [-0.2, -0.15) is 0 Å². The molecule has 1 fully saturated rings. The Labute approximate surface area is 190 Å². The normalized spacial score (nSPS) is 14.4. The van der Waals surface area contributed by atoms with Crippen molar-refractivity contribution in [2.75, 3.05) is 24.2 Å². The number of carbonyl (C=O) groups excluding carboxylic acids is 1. The molecule has 1 aliphatic heterocycles. The smallest absolute Gasteiger partial charge is 0.235 e. The number of likely N-dealkylation sites (tertiary alicyclic amines) is 1. The topological polar surface area (TPSA) is 63.1 Å². The Balaban J connectivity index is 1.47. The largest absolute Gasteiger partial charge is 0.320 e. The monoisotopic (exact) mass is 457 g/mol. The van der Waals surface area contributed by atoms with Crippen molar-refractivity contribution in [3.05, 3.63) is 71.6 Å². The number of rotatable bonds is 8. The fourth-order valence-electron chi connectivity index (χ4n) is 3.71. The average molecular weight is 458 g/mol. The molecule has 9 heteroatoms. The Kier molecular flexibility index (Phi) is 7.49. The van der Waals surface area contributed by atoms with Crippen LogP contribution in [0.25, 0.3) is 0 Å². The molecule has 168 valence electrons. The summed E-state index contributed by atoms with van der Waals surface area (Å²) in [5.41, 5.74) is 0.668. The molecule has 3 aromatic rings. The van der Waals surface area contributed by atoms with Gasteiger partial charge in [0.2, 0.25) is 5.91 Å². The predicted octanol–water partition coefficient (Wildman–Crippen LogP) is 4.32. The summed E-state index contributed by atoms with van der Waals surface area (Å²) in [6, 6.07) is 13.5. The highest BCUT2D eigenvalue weighted by Gasteiger charge is 2.19. The molecular formula is C23H25F2N5OS. The molecule has 1 aromatic heterocycles. The maximum atomic E-state index is 13.8. The van der Waals surface area contributed by atoms with Crippen molar-refractivity contribution >= 4 is 23.4 Å². The first kappa shape index (κ1) is 22.4. The number of piperidine rings is 1. The van der Waals surface area contributed by atoms with Gasteiger partial charge in [0.05, 0.1) is 18.8 Å². The van der Waals surface area contributed by atoms with E-state index < -0.39 is 23.2 Å². The van der Waals surface area contributed by atoms with Crippen molar-refractivity contribution in [2.24, 2.45) is 0 Å². The van der Waals surface area contributed by atoms with E-state index in [9.17, 15) is 13.6 Å². The second kappa shape index (κ2) is 10.7. The lowest BCUT2D eigenvalue weighted by molar-refractivity contribution is -0.113. The first-order valence-corrected chi connectivity index (χ1v) is 11.6. The molecule has 32 heavy (non-hydrogen) atoms. The van der Waals surface area contributed by atoms with Crippen LogP contribution < -0.4 is 5.32 Å². The van der Waals surface area contributed by atoms with Crippen molar-refractivity contribution in [1.82, 2.24) is 19.7 Å². The number of hydrogen-bond donors (Lipinski definition) is 1. The Morgan fingerprint density at radius 1 is 0.938 bits per heavy atom. The highest BCUT2D eigenvalue weighted by atomic mass is 32.2. The van der Waals surface area contributed by atoms with E-state index in [0.717, 1.165) is 36.6 Å². The number of halogens is 2. The number of para-hydroxylation sites is 1. The molecule has 1 saturated heterocycles. The quantitative estimate of drug-likeness (QED) is 0.511. The first-order valence-electron chi connectivity index (χ1n) is 10.6. The van der Waals surface area contributed by atoms with Crippen molar-refractivity contribution in [1.29, 1.82) is 0 Å². The average Bonchev–Trinajstić information content (AvgIpc) is 3.17. The van der Waals surface area contributed by atoms with Crippen LogP contribution >= 0.6 is 11.8 Å². The second-order valence-electron chi connectivity index (χ2n) is 7.74. The molecule has 0 aliphatic carbocycles. The van der Waals surface area contributed by atoms with Gasteiger partial charge in [0.25, 0.3) is 0 Å². The van der Waals surface area contributed by atoms with Gasteiger partial charge in [-0.15, -0.1) is 10.2 Å². The molecule has 0 spiro atoms. The van der Waals surface area contributed by atoms with E-state index in [1.807, 2.05) is 34.9 Å². The summed E-state index contributed by atoms with van der Waals surface area (Å²) in [7, 11) is 0. The van der Waals surface area contributed by atoms with Crippen molar-refractivity contribution in [3.8, 4) is 0 Å². The number of nitrogens with one attached hydrogen (secondary N) is 1. The lowest BCUT2D eigenvalue weighted by Gasteiger charge is -2.26. The fraction of sp³-hybridized carbons (Fsp3) is 0.348. The summed E-state index contributed by atoms with van der Waals surface area (Å²) in [6.07, 6.45) is 3.62. The van der Waals surface area contributed by atoms with Crippen LogP contribution in [0.15, 0.2) is 53.7 Å². The molecule has 1 N–H and O–H groups in total. The molecule has 0 atom stereocenters. The molecule has 6 nitrogen and oxygen atoms in total. The highest BCUT2D eigenvalue weighted by molar-refractivity contribution is 7.99. The summed E-state index contributed by atoms with van der Waals surface area (Å²) in [5, 5.41) is 11.6. The van der Waals surface area contributed by atoms with Gasteiger partial charge < -0.3 is 9.88 Å². The number of anilines is 1. The number of aromatic nitrogens is 3. The zero-order valence-corrected chi connectivity index (χ0v) is 18.5. The molecule has 0 saturated carbocycles. The summed E-state index contributed by atoms with van der Waals surface area (Å²) in [5.74, 6) is -1.31. The molecule has 2 aromatic carbocycles. The maximum absolute atomic E-state index is 13.8. The summed E-state index contributed by atoms with van der Waals surface area (Å²) >= 11 is 1.20. The van der Waals surface area contributed by atoms with Crippen LogP contribution in [0.2, 0.25) is 0 Å². The van der Waals surface area contributed by atoms with E-state index >= 15 is 0 Å². The Hall–Kier alpha value is -2.78. The van der Waals surface area contributed by atoms with Crippen molar-refractivity contribution < 1.29 is 13.6 Å². The van der Waals surface area contributed by atoms with Gasteiger partial charge in [-0.1, -0.05) is 54.6 Å². The number of hydrogen-bond acceptors (Lipinski definition) is 5. The highest BCUT2D eigenvalue weighted by Crippen LogP contribution is 2.23. The maximum Gasteiger partial charge on any atom is 0.235 e. The summed E-state index contributed by atoms with van der Waals surface area (Å²) < 4.78 is 29.6. The van der Waals surface area contributed by atoms with Gasteiger partial charge in [0.15, 0.2) is 5.16 Å². The third-order valence-electron chi connectivity index (χ3n) is 5.35. The van der Waals surface area contributed by atoms with Crippen LogP contribution in [0.4, 0.5) is 14.5 Å². The van der Waals surface area contributed by atoms with Gasteiger partial charge in [0, 0.05) is 0 Å². The second-order valence-corrected chi connectivity index (χ2v) is 8.68. The van der Waals surface area contributed by atoms with E-state index in [2.05, 4.69) is 20.4 Å². The summed E-state index contributed by atoms with van der Waals surface area (Å²) in [4.78, 5) is 14.7. The van der Waals surface area contributed by atoms with Crippen LogP contribution in [0.1, 0.15) is 30.7 Å². The molecular weight excluding hydrogens is 432 g/mol. The third kappa shape index (κ3) is 5.72. The third-order valence-corrected chi connectivity index (χ3v) is 6.32. The minimum absolute atomic E-state index is 0.0373. The lowest BCUT2D eigenvalue weighted by Crippen LogP contribution is -2.30. The number of amides is 1. The Morgan fingerprint density at radius 3 is 2.38 bits per heavy atom. The Bertz CT molecular complexity index is 1030. The Morgan fingerprint density at radius 2 is 1.66 bits per heavy atom. The number of benzene rings is 2. The standard InChI is InChI=1S/C23H25F2N5OS/c24-18-10-7-11-19(25)22(18)26-21(31)16-32-23-28-27-20(15-29-12-5-2-6-13-29)30(23)14-17-8-3-1-4-9-17/h1,3-4,7-11H,2,5-6,12-16H2,(H,26,31). The fourth-order valence-corrected chi connectivity index (χ4v) is 4.46.